The van der Waals surface area contributed by atoms with E-state index in [9.17, 15) is 5.11 Å². The summed E-state index contributed by atoms with van der Waals surface area (Å²) in [5, 5.41) is 10.8. The van der Waals surface area contributed by atoms with Crippen LogP contribution in [-0.2, 0) is 0 Å². The second-order valence-electron chi connectivity index (χ2n) is 6.52. The molecule has 2 aliphatic rings. The summed E-state index contributed by atoms with van der Waals surface area (Å²) in [6, 6.07) is 0. The van der Waals surface area contributed by atoms with Gasteiger partial charge in [-0.1, -0.05) is 13.8 Å². The molecule has 1 aliphatic carbocycles. The van der Waals surface area contributed by atoms with Gasteiger partial charge in [0.05, 0.1) is 5.60 Å². The van der Waals surface area contributed by atoms with E-state index in [4.69, 9.17) is 0 Å². The molecule has 0 aromatic carbocycles. The highest BCUT2D eigenvalue weighted by Gasteiger charge is 2.41. The van der Waals surface area contributed by atoms with Crippen molar-refractivity contribution >= 4 is 0 Å². The lowest BCUT2D eigenvalue weighted by atomic mass is 9.67. The molecule has 0 radical (unpaired) electrons. The van der Waals surface area contributed by atoms with E-state index in [0.29, 0.717) is 5.92 Å². The smallest absolute Gasteiger partial charge is 0.0700 e. The van der Waals surface area contributed by atoms with Gasteiger partial charge in [-0.2, -0.15) is 0 Å². The maximum Gasteiger partial charge on any atom is 0.0700 e. The average Bonchev–Trinajstić information content (AvgIpc) is 2.21. The molecule has 1 saturated heterocycles. The number of nitrogens with zero attached hydrogens (tertiary/aromatic N) is 1. The first-order valence-electron chi connectivity index (χ1n) is 6.90. The van der Waals surface area contributed by atoms with Crippen LogP contribution in [0.15, 0.2) is 0 Å². The monoisotopic (exact) mass is 225 g/mol. The lowest BCUT2D eigenvalue weighted by molar-refractivity contribution is -0.0851. The van der Waals surface area contributed by atoms with E-state index < -0.39 is 0 Å². The Labute approximate surface area is 100 Å². The molecule has 94 valence electrons. The number of rotatable bonds is 1. The van der Waals surface area contributed by atoms with Crippen LogP contribution in [0.1, 0.15) is 46.0 Å². The Morgan fingerprint density at radius 3 is 2.00 bits per heavy atom. The van der Waals surface area contributed by atoms with Crippen LogP contribution >= 0.6 is 0 Å². The van der Waals surface area contributed by atoms with Gasteiger partial charge in [-0.15, -0.1) is 0 Å². The molecular weight excluding hydrogens is 198 g/mol. The van der Waals surface area contributed by atoms with Crippen molar-refractivity contribution in [1.82, 2.24) is 4.90 Å². The SMILES string of the molecule is CC1CC(C)CC(C2(O)CCN(C)CC2)C1. The molecule has 1 aliphatic heterocycles. The molecular formula is C14H27NO. The fourth-order valence-electron chi connectivity index (χ4n) is 3.80. The standard InChI is InChI=1S/C14H27NO/c1-11-8-12(2)10-13(9-11)14(16)4-6-15(3)7-5-14/h11-13,16H,4-10H2,1-3H3. The van der Waals surface area contributed by atoms with Crippen molar-refractivity contribution in [3.05, 3.63) is 0 Å². The van der Waals surface area contributed by atoms with Gasteiger partial charge in [0, 0.05) is 13.1 Å². The molecule has 0 spiro atoms. The van der Waals surface area contributed by atoms with E-state index in [-0.39, 0.29) is 5.60 Å². The molecule has 0 amide bonds. The molecule has 2 atom stereocenters. The molecule has 0 aromatic heterocycles. The van der Waals surface area contributed by atoms with Crippen molar-refractivity contribution in [3.8, 4) is 0 Å². The van der Waals surface area contributed by atoms with Crippen molar-refractivity contribution < 1.29 is 5.11 Å². The van der Waals surface area contributed by atoms with Gasteiger partial charge in [-0.05, 0) is 56.9 Å². The highest BCUT2D eigenvalue weighted by Crippen LogP contribution is 2.42. The predicted octanol–water partition coefficient (Wildman–Crippen LogP) is 2.52. The minimum Gasteiger partial charge on any atom is -0.390 e. The zero-order chi connectivity index (χ0) is 11.8. The quantitative estimate of drug-likeness (QED) is 0.741. The van der Waals surface area contributed by atoms with Crippen LogP contribution in [0.2, 0.25) is 0 Å². The first-order valence-corrected chi connectivity index (χ1v) is 6.90. The van der Waals surface area contributed by atoms with E-state index in [1.807, 2.05) is 0 Å². The minimum absolute atomic E-state index is 0.352. The Balaban J connectivity index is 1.99. The van der Waals surface area contributed by atoms with Gasteiger partial charge in [0.1, 0.15) is 0 Å². The van der Waals surface area contributed by atoms with Crippen LogP contribution in [-0.4, -0.2) is 35.7 Å². The van der Waals surface area contributed by atoms with Crippen LogP contribution in [0.4, 0.5) is 0 Å². The molecule has 0 bridgehead atoms. The van der Waals surface area contributed by atoms with Crippen molar-refractivity contribution in [2.75, 3.05) is 20.1 Å². The normalized spacial score (nSPS) is 40.9. The summed E-state index contributed by atoms with van der Waals surface area (Å²) in [5.41, 5.74) is -0.352. The number of hydrogen-bond donors (Lipinski definition) is 1. The third kappa shape index (κ3) is 2.60. The largest absolute Gasteiger partial charge is 0.390 e. The van der Waals surface area contributed by atoms with Crippen LogP contribution in [0.25, 0.3) is 0 Å². The zero-order valence-corrected chi connectivity index (χ0v) is 11.1. The molecule has 16 heavy (non-hydrogen) atoms. The summed E-state index contributed by atoms with van der Waals surface area (Å²) in [7, 11) is 2.16. The summed E-state index contributed by atoms with van der Waals surface area (Å²) in [5.74, 6) is 2.16. The van der Waals surface area contributed by atoms with Crippen LogP contribution in [0.3, 0.4) is 0 Å². The van der Waals surface area contributed by atoms with Gasteiger partial charge in [-0.25, -0.2) is 0 Å². The fourth-order valence-corrected chi connectivity index (χ4v) is 3.80. The Bertz CT molecular complexity index is 223. The first kappa shape index (κ1) is 12.4. The molecule has 1 heterocycles. The third-order valence-electron chi connectivity index (χ3n) is 4.79. The second kappa shape index (κ2) is 4.66. The summed E-state index contributed by atoms with van der Waals surface area (Å²) < 4.78 is 0. The number of piperidine rings is 1. The van der Waals surface area contributed by atoms with Gasteiger partial charge in [-0.3, -0.25) is 0 Å². The van der Waals surface area contributed by atoms with Crippen molar-refractivity contribution in [3.63, 3.8) is 0 Å². The van der Waals surface area contributed by atoms with E-state index >= 15 is 0 Å². The van der Waals surface area contributed by atoms with Gasteiger partial charge >= 0.3 is 0 Å². The number of hydrogen-bond acceptors (Lipinski definition) is 2. The fraction of sp³-hybridized carbons (Fsp3) is 1.00. The van der Waals surface area contributed by atoms with Gasteiger partial charge in [0.25, 0.3) is 0 Å². The van der Waals surface area contributed by atoms with E-state index in [1.54, 1.807) is 0 Å². The Morgan fingerprint density at radius 1 is 1.00 bits per heavy atom. The van der Waals surface area contributed by atoms with E-state index in [0.717, 1.165) is 37.8 Å². The van der Waals surface area contributed by atoms with Gasteiger partial charge in [0.2, 0.25) is 0 Å². The highest BCUT2D eigenvalue weighted by molar-refractivity contribution is 4.94. The molecule has 2 rings (SSSR count). The third-order valence-corrected chi connectivity index (χ3v) is 4.79. The van der Waals surface area contributed by atoms with Crippen LogP contribution < -0.4 is 0 Å². The lowest BCUT2D eigenvalue weighted by Crippen LogP contribution is -2.49. The maximum atomic E-state index is 10.8. The second-order valence-corrected chi connectivity index (χ2v) is 6.52. The number of aliphatic hydroxyl groups is 1. The number of likely N-dealkylation sites (tertiary alicyclic amines) is 1. The van der Waals surface area contributed by atoms with Crippen LogP contribution in [0, 0.1) is 17.8 Å². The molecule has 1 N–H and O–H groups in total. The van der Waals surface area contributed by atoms with Crippen molar-refractivity contribution in [1.29, 1.82) is 0 Å². The Morgan fingerprint density at radius 2 is 1.50 bits per heavy atom. The predicted molar refractivity (Wildman–Crippen MR) is 67.3 cm³/mol. The molecule has 0 aromatic rings. The van der Waals surface area contributed by atoms with E-state index in [1.165, 1.54) is 19.3 Å². The van der Waals surface area contributed by atoms with E-state index in [2.05, 4.69) is 25.8 Å². The maximum absolute atomic E-state index is 10.8. The summed E-state index contributed by atoms with van der Waals surface area (Å²) in [6.07, 6.45) is 5.79. The minimum atomic E-state index is -0.352. The summed E-state index contributed by atoms with van der Waals surface area (Å²) in [4.78, 5) is 2.34. The van der Waals surface area contributed by atoms with Crippen molar-refractivity contribution in [2.24, 2.45) is 17.8 Å². The average molecular weight is 225 g/mol. The Hall–Kier alpha value is -0.0800. The van der Waals surface area contributed by atoms with Gasteiger partial charge < -0.3 is 10.0 Å². The summed E-state index contributed by atoms with van der Waals surface area (Å²) >= 11 is 0. The highest BCUT2D eigenvalue weighted by atomic mass is 16.3. The summed E-state index contributed by atoms with van der Waals surface area (Å²) in [6.45, 7) is 6.83. The molecule has 2 nitrogen and oxygen atoms in total. The zero-order valence-electron chi connectivity index (χ0n) is 11.1. The first-order chi connectivity index (χ1) is 7.49. The van der Waals surface area contributed by atoms with Crippen molar-refractivity contribution in [2.45, 2.75) is 51.6 Å². The molecule has 1 saturated carbocycles. The molecule has 2 fully saturated rings. The van der Waals surface area contributed by atoms with Gasteiger partial charge in [0.15, 0.2) is 0 Å². The molecule has 2 heteroatoms. The Kier molecular flexibility index (Phi) is 3.60. The topological polar surface area (TPSA) is 23.5 Å². The molecule has 2 unspecified atom stereocenters. The van der Waals surface area contributed by atoms with Crippen LogP contribution in [0.5, 0.6) is 0 Å². The lowest BCUT2D eigenvalue weighted by Gasteiger charge is -2.46.